The zero-order chi connectivity index (χ0) is 13.5. The molecular formula is C8H12F2N4O3S. The summed E-state index contributed by atoms with van der Waals surface area (Å²) < 4.78 is 29.4. The molecule has 0 spiro atoms. The normalized spacial score (nSPS) is 11.1. The summed E-state index contributed by atoms with van der Waals surface area (Å²) in [5, 5.41) is 16.1. The van der Waals surface area contributed by atoms with Gasteiger partial charge in [0, 0.05) is 6.42 Å². The number of ether oxygens (including phenoxy) is 1. The highest BCUT2D eigenvalue weighted by Crippen LogP contribution is 2.14. The standard InChI is InChI=1S/C8H12F2N4O3S/c9-5(10)3-17-2-1-6-12-13-8(14(6)11)18-4-7(15)16/h5H,1-4,11H2,(H,15,16). The number of nitrogen functional groups attached to an aromatic ring is 1. The van der Waals surface area contributed by atoms with Crippen molar-refractivity contribution in [1.29, 1.82) is 0 Å². The second-order valence-electron chi connectivity index (χ2n) is 3.17. The van der Waals surface area contributed by atoms with Crippen LogP contribution in [0.15, 0.2) is 5.16 Å². The Hall–Kier alpha value is -1.42. The van der Waals surface area contributed by atoms with Crippen molar-refractivity contribution < 1.29 is 23.4 Å². The number of nitrogens with zero attached hydrogens (tertiary/aromatic N) is 3. The van der Waals surface area contributed by atoms with Crippen molar-refractivity contribution in [2.45, 2.75) is 18.0 Å². The highest BCUT2D eigenvalue weighted by Gasteiger charge is 2.12. The number of carbonyl (C=O) groups is 1. The lowest BCUT2D eigenvalue weighted by atomic mass is 10.4. The monoisotopic (exact) mass is 282 g/mol. The average Bonchev–Trinajstić information content (AvgIpc) is 2.63. The Balaban J connectivity index is 2.40. The van der Waals surface area contributed by atoms with E-state index in [4.69, 9.17) is 10.9 Å². The first-order chi connectivity index (χ1) is 8.50. The van der Waals surface area contributed by atoms with Gasteiger partial charge in [-0.25, -0.2) is 13.5 Å². The highest BCUT2D eigenvalue weighted by atomic mass is 32.2. The second-order valence-corrected chi connectivity index (χ2v) is 4.11. The number of carboxylic acids is 1. The molecule has 0 radical (unpaired) electrons. The van der Waals surface area contributed by atoms with Gasteiger partial charge in [-0.05, 0) is 0 Å². The number of halogens is 2. The third-order valence-electron chi connectivity index (χ3n) is 1.77. The van der Waals surface area contributed by atoms with E-state index in [0.29, 0.717) is 5.82 Å². The summed E-state index contributed by atoms with van der Waals surface area (Å²) in [6, 6.07) is 0. The van der Waals surface area contributed by atoms with Crippen LogP contribution in [-0.4, -0.2) is 51.3 Å². The van der Waals surface area contributed by atoms with E-state index in [1.165, 1.54) is 0 Å². The van der Waals surface area contributed by atoms with Gasteiger partial charge in [0.05, 0.1) is 12.4 Å². The van der Waals surface area contributed by atoms with Gasteiger partial charge in [-0.3, -0.25) is 4.79 Å². The van der Waals surface area contributed by atoms with Crippen molar-refractivity contribution in [1.82, 2.24) is 14.9 Å². The number of carboxylic acid groups (broad SMARTS) is 1. The quantitative estimate of drug-likeness (QED) is 0.393. The van der Waals surface area contributed by atoms with E-state index >= 15 is 0 Å². The fraction of sp³-hybridized carbons (Fsp3) is 0.625. The molecule has 1 heterocycles. The topological polar surface area (TPSA) is 103 Å². The molecule has 7 nitrogen and oxygen atoms in total. The number of hydrogen-bond donors (Lipinski definition) is 2. The largest absolute Gasteiger partial charge is 0.481 e. The average molecular weight is 282 g/mol. The van der Waals surface area contributed by atoms with Crippen molar-refractivity contribution in [3.05, 3.63) is 5.82 Å². The van der Waals surface area contributed by atoms with Crippen LogP contribution in [0.25, 0.3) is 0 Å². The van der Waals surface area contributed by atoms with Crippen LogP contribution in [0.4, 0.5) is 8.78 Å². The van der Waals surface area contributed by atoms with Crippen LogP contribution in [-0.2, 0) is 16.0 Å². The van der Waals surface area contributed by atoms with Crippen LogP contribution in [0.1, 0.15) is 5.82 Å². The van der Waals surface area contributed by atoms with E-state index in [-0.39, 0.29) is 23.9 Å². The maximum Gasteiger partial charge on any atom is 0.313 e. The summed E-state index contributed by atoms with van der Waals surface area (Å²) in [5.41, 5.74) is 0. The number of rotatable bonds is 8. The lowest BCUT2D eigenvalue weighted by Crippen LogP contribution is -2.17. The van der Waals surface area contributed by atoms with Gasteiger partial charge in [0.25, 0.3) is 6.43 Å². The minimum atomic E-state index is -2.51. The van der Waals surface area contributed by atoms with E-state index in [1.807, 2.05) is 0 Å². The molecular weight excluding hydrogens is 270 g/mol. The molecule has 0 saturated heterocycles. The van der Waals surface area contributed by atoms with Crippen LogP contribution in [0, 0.1) is 0 Å². The summed E-state index contributed by atoms with van der Waals surface area (Å²) in [6.45, 7) is -0.595. The van der Waals surface area contributed by atoms with Crippen molar-refractivity contribution in [2.24, 2.45) is 0 Å². The molecule has 0 aliphatic carbocycles. The van der Waals surface area contributed by atoms with Crippen molar-refractivity contribution in [3.8, 4) is 0 Å². The molecule has 10 heteroatoms. The first kappa shape index (κ1) is 14.6. The van der Waals surface area contributed by atoms with Gasteiger partial charge in [-0.2, -0.15) is 0 Å². The van der Waals surface area contributed by atoms with E-state index in [9.17, 15) is 13.6 Å². The van der Waals surface area contributed by atoms with Gasteiger partial charge in [0.15, 0.2) is 5.82 Å². The molecule has 0 aliphatic rings. The Kier molecular flexibility index (Phi) is 5.78. The van der Waals surface area contributed by atoms with Gasteiger partial charge in [0.1, 0.15) is 6.61 Å². The number of thioether (sulfide) groups is 1. The van der Waals surface area contributed by atoms with Crippen LogP contribution in [0.5, 0.6) is 0 Å². The first-order valence-corrected chi connectivity index (χ1v) is 5.89. The molecule has 1 aromatic heterocycles. The Morgan fingerprint density at radius 2 is 2.28 bits per heavy atom. The zero-order valence-electron chi connectivity index (χ0n) is 9.25. The summed E-state index contributed by atoms with van der Waals surface area (Å²) >= 11 is 0.924. The van der Waals surface area contributed by atoms with E-state index in [1.54, 1.807) is 0 Å². The van der Waals surface area contributed by atoms with Crippen molar-refractivity contribution in [3.63, 3.8) is 0 Å². The lowest BCUT2D eigenvalue weighted by Gasteiger charge is -2.04. The van der Waals surface area contributed by atoms with E-state index in [0.717, 1.165) is 16.4 Å². The van der Waals surface area contributed by atoms with Gasteiger partial charge in [0.2, 0.25) is 5.16 Å². The van der Waals surface area contributed by atoms with Gasteiger partial charge < -0.3 is 15.7 Å². The summed E-state index contributed by atoms with van der Waals surface area (Å²) in [6.07, 6.45) is -2.29. The fourth-order valence-corrected chi connectivity index (χ4v) is 1.63. The summed E-state index contributed by atoms with van der Waals surface area (Å²) in [4.78, 5) is 10.4. The molecule has 3 N–H and O–H groups in total. The third-order valence-corrected chi connectivity index (χ3v) is 2.70. The molecule has 0 bridgehead atoms. The predicted molar refractivity (Wildman–Crippen MR) is 59.1 cm³/mol. The van der Waals surface area contributed by atoms with Crippen LogP contribution in [0.2, 0.25) is 0 Å². The Labute approximate surface area is 105 Å². The molecule has 0 aliphatic heterocycles. The molecule has 0 unspecified atom stereocenters. The Bertz CT molecular complexity index is 402. The number of aliphatic carboxylic acids is 1. The van der Waals surface area contributed by atoms with E-state index < -0.39 is 19.0 Å². The molecule has 0 atom stereocenters. The maximum atomic E-state index is 11.8. The molecule has 0 aromatic carbocycles. The molecule has 102 valence electrons. The number of alkyl halides is 2. The van der Waals surface area contributed by atoms with Gasteiger partial charge in [-0.15, -0.1) is 10.2 Å². The van der Waals surface area contributed by atoms with Gasteiger partial charge in [-0.1, -0.05) is 11.8 Å². The van der Waals surface area contributed by atoms with E-state index in [2.05, 4.69) is 14.9 Å². The number of aromatic nitrogens is 3. The minimum Gasteiger partial charge on any atom is -0.481 e. The van der Waals surface area contributed by atoms with Crippen LogP contribution >= 0.6 is 11.8 Å². The summed E-state index contributed by atoms with van der Waals surface area (Å²) in [7, 11) is 0. The molecule has 1 rings (SSSR count). The number of hydrogen-bond acceptors (Lipinski definition) is 6. The zero-order valence-corrected chi connectivity index (χ0v) is 10.1. The molecule has 0 fully saturated rings. The SMILES string of the molecule is Nn1c(CCOCC(F)F)nnc1SCC(=O)O. The van der Waals surface area contributed by atoms with Crippen LogP contribution < -0.4 is 5.84 Å². The first-order valence-electron chi connectivity index (χ1n) is 4.90. The Morgan fingerprint density at radius 1 is 1.56 bits per heavy atom. The number of nitrogens with two attached hydrogens (primary N) is 1. The fourth-order valence-electron chi connectivity index (χ4n) is 1.04. The predicted octanol–water partition coefficient (Wildman–Crippen LogP) is -0.00720. The molecule has 0 saturated carbocycles. The summed E-state index contributed by atoms with van der Waals surface area (Å²) in [5.74, 6) is 4.77. The van der Waals surface area contributed by atoms with Crippen LogP contribution in [0.3, 0.4) is 0 Å². The van der Waals surface area contributed by atoms with Crippen molar-refractivity contribution in [2.75, 3.05) is 24.8 Å². The Morgan fingerprint density at radius 3 is 2.89 bits per heavy atom. The maximum absolute atomic E-state index is 11.8. The second kappa shape index (κ2) is 7.11. The third kappa shape index (κ3) is 4.84. The molecule has 0 amide bonds. The smallest absolute Gasteiger partial charge is 0.313 e. The van der Waals surface area contributed by atoms with Gasteiger partial charge >= 0.3 is 5.97 Å². The minimum absolute atomic E-state index is 0.0449. The molecule has 18 heavy (non-hydrogen) atoms. The lowest BCUT2D eigenvalue weighted by molar-refractivity contribution is -0.133. The molecule has 1 aromatic rings. The van der Waals surface area contributed by atoms with Crippen molar-refractivity contribution >= 4 is 17.7 Å². The highest BCUT2D eigenvalue weighted by molar-refractivity contribution is 7.99.